The Hall–Kier alpha value is -1.26. The van der Waals surface area contributed by atoms with Gasteiger partial charge in [0.25, 0.3) is 0 Å². The van der Waals surface area contributed by atoms with E-state index in [4.69, 9.17) is 16.3 Å². The van der Waals surface area contributed by atoms with E-state index >= 15 is 0 Å². The van der Waals surface area contributed by atoms with Gasteiger partial charge in [-0.15, -0.1) is 0 Å². The molecule has 0 radical (unpaired) electrons. The second-order valence-electron chi connectivity index (χ2n) is 6.21. The summed E-state index contributed by atoms with van der Waals surface area (Å²) in [7, 11) is 0. The van der Waals surface area contributed by atoms with Gasteiger partial charge in [-0.1, -0.05) is 11.6 Å². The first kappa shape index (κ1) is 15.6. The van der Waals surface area contributed by atoms with Crippen LogP contribution in [0.5, 0.6) is 0 Å². The van der Waals surface area contributed by atoms with Gasteiger partial charge < -0.3 is 15.0 Å². The van der Waals surface area contributed by atoms with Crippen LogP contribution in [-0.2, 0) is 16.0 Å². The molecule has 0 bridgehead atoms. The molecule has 0 saturated carbocycles. The Bertz CT molecular complexity index is 556. The number of rotatable bonds is 3. The molecule has 1 amide bonds. The van der Waals surface area contributed by atoms with Crippen LogP contribution in [0.1, 0.15) is 30.4 Å². The van der Waals surface area contributed by atoms with Gasteiger partial charge in [0.05, 0.1) is 6.54 Å². The van der Waals surface area contributed by atoms with Crippen molar-refractivity contribution < 1.29 is 9.53 Å². The lowest BCUT2D eigenvalue weighted by atomic mass is 9.98. The molecule has 5 heteroatoms. The Kier molecular flexibility index (Phi) is 4.89. The number of amides is 1. The van der Waals surface area contributed by atoms with Crippen LogP contribution in [0.2, 0.25) is 5.02 Å². The summed E-state index contributed by atoms with van der Waals surface area (Å²) in [5, 5.41) is 3.92. The summed E-state index contributed by atoms with van der Waals surface area (Å²) < 4.78 is 5.33. The summed E-state index contributed by atoms with van der Waals surface area (Å²) in [5.74, 6) is 0.106. The van der Waals surface area contributed by atoms with Gasteiger partial charge >= 0.3 is 0 Å². The molecule has 3 rings (SSSR count). The van der Waals surface area contributed by atoms with Crippen molar-refractivity contribution in [2.45, 2.75) is 38.6 Å². The zero-order valence-electron chi connectivity index (χ0n) is 13.0. The molecule has 120 valence electrons. The summed E-state index contributed by atoms with van der Waals surface area (Å²) in [4.78, 5) is 14.5. The summed E-state index contributed by atoms with van der Waals surface area (Å²) >= 11 is 6.15. The molecule has 2 aliphatic rings. The molecular formula is C17H23ClN2O2. The van der Waals surface area contributed by atoms with Crippen molar-refractivity contribution in [3.63, 3.8) is 0 Å². The average Bonchev–Trinajstić information content (AvgIpc) is 2.47. The van der Waals surface area contributed by atoms with Crippen LogP contribution < -0.4 is 10.2 Å². The minimum Gasteiger partial charge on any atom is -0.381 e. The summed E-state index contributed by atoms with van der Waals surface area (Å²) in [6.07, 6.45) is 3.93. The first-order valence-electron chi connectivity index (χ1n) is 8.04. The van der Waals surface area contributed by atoms with Crippen molar-refractivity contribution >= 4 is 23.2 Å². The lowest BCUT2D eigenvalue weighted by Crippen LogP contribution is -2.45. The van der Waals surface area contributed by atoms with Crippen LogP contribution in [0.3, 0.4) is 0 Å². The van der Waals surface area contributed by atoms with E-state index in [2.05, 4.69) is 17.1 Å². The molecule has 1 N–H and O–H groups in total. The molecule has 1 saturated heterocycles. The van der Waals surface area contributed by atoms with Gasteiger partial charge in [0.2, 0.25) is 5.91 Å². The minimum absolute atomic E-state index is 0.106. The largest absolute Gasteiger partial charge is 0.381 e. The molecule has 0 atom stereocenters. The minimum atomic E-state index is 0.106. The van der Waals surface area contributed by atoms with Gasteiger partial charge in [0.1, 0.15) is 0 Å². The quantitative estimate of drug-likeness (QED) is 0.930. The average molecular weight is 323 g/mol. The van der Waals surface area contributed by atoms with Crippen LogP contribution in [0.15, 0.2) is 12.1 Å². The number of hydrogen-bond donors (Lipinski definition) is 1. The highest BCUT2D eigenvalue weighted by molar-refractivity contribution is 6.30. The molecule has 1 aromatic rings. The Balaban J connectivity index is 1.67. The number of halogens is 1. The Labute approximate surface area is 136 Å². The third kappa shape index (κ3) is 3.55. The van der Waals surface area contributed by atoms with Crippen molar-refractivity contribution in [1.29, 1.82) is 0 Å². The van der Waals surface area contributed by atoms with E-state index in [0.717, 1.165) is 56.0 Å². The Morgan fingerprint density at radius 2 is 2.18 bits per heavy atom. The molecule has 0 unspecified atom stereocenters. The highest BCUT2D eigenvalue weighted by Gasteiger charge is 2.23. The fourth-order valence-corrected chi connectivity index (χ4v) is 3.76. The van der Waals surface area contributed by atoms with Crippen LogP contribution >= 0.6 is 11.6 Å². The number of fused-ring (bicyclic) bond motifs is 1. The number of aryl methyl sites for hydroxylation is 2. The van der Waals surface area contributed by atoms with Crippen molar-refractivity contribution in [1.82, 2.24) is 5.32 Å². The number of hydrogen-bond acceptors (Lipinski definition) is 3. The predicted octanol–water partition coefficient (Wildman–Crippen LogP) is 2.70. The lowest BCUT2D eigenvalue weighted by molar-refractivity contribution is -0.121. The maximum absolute atomic E-state index is 12.3. The number of nitrogens with one attached hydrogen (secondary N) is 1. The van der Waals surface area contributed by atoms with Crippen LogP contribution in [-0.4, -0.2) is 38.3 Å². The van der Waals surface area contributed by atoms with Crippen molar-refractivity contribution in [3.05, 3.63) is 28.3 Å². The number of carbonyl (C=O) groups excluding carboxylic acids is 1. The SMILES string of the molecule is Cc1cc(Cl)cc2c1N(CC(=O)NC1CCOCC1)CCC2. The van der Waals surface area contributed by atoms with E-state index in [1.54, 1.807) is 0 Å². The number of benzene rings is 1. The fourth-order valence-electron chi connectivity index (χ4n) is 3.47. The van der Waals surface area contributed by atoms with Crippen molar-refractivity contribution in [2.24, 2.45) is 0 Å². The molecule has 1 aromatic carbocycles. The molecular weight excluding hydrogens is 300 g/mol. The second-order valence-corrected chi connectivity index (χ2v) is 6.65. The van der Waals surface area contributed by atoms with E-state index < -0.39 is 0 Å². The molecule has 4 nitrogen and oxygen atoms in total. The van der Waals surface area contributed by atoms with E-state index in [0.29, 0.717) is 6.54 Å². The number of anilines is 1. The summed E-state index contributed by atoms with van der Waals surface area (Å²) in [5.41, 5.74) is 3.61. The van der Waals surface area contributed by atoms with Gasteiger partial charge in [-0.25, -0.2) is 0 Å². The van der Waals surface area contributed by atoms with Gasteiger partial charge in [-0.2, -0.15) is 0 Å². The standard InChI is InChI=1S/C17H23ClN2O2/c1-12-9-14(18)10-13-3-2-6-20(17(12)13)11-16(21)19-15-4-7-22-8-5-15/h9-10,15H,2-8,11H2,1H3,(H,19,21). The smallest absolute Gasteiger partial charge is 0.239 e. The first-order chi connectivity index (χ1) is 10.6. The topological polar surface area (TPSA) is 41.6 Å². The van der Waals surface area contributed by atoms with Crippen molar-refractivity contribution in [2.75, 3.05) is 31.2 Å². The molecule has 22 heavy (non-hydrogen) atoms. The summed E-state index contributed by atoms with van der Waals surface area (Å²) in [6.45, 7) is 4.91. The van der Waals surface area contributed by atoms with Gasteiger partial charge in [-0.3, -0.25) is 4.79 Å². The van der Waals surface area contributed by atoms with Gasteiger partial charge in [0, 0.05) is 36.5 Å². The Morgan fingerprint density at radius 3 is 2.95 bits per heavy atom. The van der Waals surface area contributed by atoms with Gasteiger partial charge in [-0.05, 0) is 55.9 Å². The molecule has 0 aliphatic carbocycles. The number of carbonyl (C=O) groups is 1. The van der Waals surface area contributed by atoms with Crippen LogP contribution in [0.25, 0.3) is 0 Å². The van der Waals surface area contributed by atoms with E-state index in [-0.39, 0.29) is 11.9 Å². The molecule has 0 spiro atoms. The first-order valence-corrected chi connectivity index (χ1v) is 8.42. The monoisotopic (exact) mass is 322 g/mol. The Morgan fingerprint density at radius 1 is 1.41 bits per heavy atom. The maximum Gasteiger partial charge on any atom is 0.239 e. The number of nitrogens with zero attached hydrogens (tertiary/aromatic N) is 1. The third-order valence-corrected chi connectivity index (χ3v) is 4.67. The number of ether oxygens (including phenoxy) is 1. The molecule has 2 heterocycles. The van der Waals surface area contributed by atoms with E-state index in [1.165, 1.54) is 11.3 Å². The normalized spacial score (nSPS) is 18.9. The molecule has 2 aliphatic heterocycles. The van der Waals surface area contributed by atoms with E-state index in [9.17, 15) is 4.79 Å². The van der Waals surface area contributed by atoms with Gasteiger partial charge in [0.15, 0.2) is 0 Å². The van der Waals surface area contributed by atoms with Crippen LogP contribution in [0.4, 0.5) is 5.69 Å². The zero-order valence-corrected chi connectivity index (χ0v) is 13.8. The van der Waals surface area contributed by atoms with Crippen molar-refractivity contribution in [3.8, 4) is 0 Å². The molecule has 1 fully saturated rings. The zero-order chi connectivity index (χ0) is 15.5. The second kappa shape index (κ2) is 6.88. The lowest BCUT2D eigenvalue weighted by Gasteiger charge is -2.33. The molecule has 0 aromatic heterocycles. The fraction of sp³-hybridized carbons (Fsp3) is 0.588. The van der Waals surface area contributed by atoms with Crippen LogP contribution in [0, 0.1) is 6.92 Å². The maximum atomic E-state index is 12.3. The van der Waals surface area contributed by atoms with E-state index in [1.807, 2.05) is 12.1 Å². The third-order valence-electron chi connectivity index (χ3n) is 4.46. The summed E-state index contributed by atoms with van der Waals surface area (Å²) in [6, 6.07) is 4.28. The highest BCUT2D eigenvalue weighted by atomic mass is 35.5. The predicted molar refractivity (Wildman–Crippen MR) is 88.7 cm³/mol. The highest BCUT2D eigenvalue weighted by Crippen LogP contribution is 2.33.